The maximum absolute atomic E-state index is 13.8. The Balaban J connectivity index is 0.000000110. The van der Waals surface area contributed by atoms with E-state index in [0.717, 1.165) is 162 Å². The molecule has 4 N–H and O–H groups in total. The van der Waals surface area contributed by atoms with Gasteiger partial charge in [-0.2, -0.15) is 0 Å². The molecule has 0 bridgehead atoms. The number of methoxy groups -OCH3 is 1. The van der Waals surface area contributed by atoms with E-state index in [0.29, 0.717) is 44.5 Å². The average molecular weight is 1630 g/mol. The number of ether oxygens (including phenoxy) is 2. The van der Waals surface area contributed by atoms with Gasteiger partial charge in [0.1, 0.15) is 34.5 Å². The van der Waals surface area contributed by atoms with Crippen LogP contribution in [0.2, 0.25) is 0 Å². The number of hydrogen-bond donors (Lipinski definition) is 4. The maximum atomic E-state index is 13.8. The summed E-state index contributed by atoms with van der Waals surface area (Å²) in [5.41, 5.74) is 13.7. The fourth-order valence-electron chi connectivity index (χ4n) is 18.2. The zero-order valence-electron chi connectivity index (χ0n) is 68.5. The molecule has 10 nitrogen and oxygen atoms in total. The molecule has 0 saturated carbocycles. The van der Waals surface area contributed by atoms with Crippen LogP contribution in [-0.2, 0) is 6.42 Å². The van der Waals surface area contributed by atoms with E-state index >= 15 is 0 Å². The Kier molecular flexibility index (Phi) is 21.7. The molecule has 21 aromatic rings. The van der Waals surface area contributed by atoms with Gasteiger partial charge in [0, 0.05) is 22.3 Å². The zero-order valence-corrected chi connectivity index (χ0v) is 68.5. The highest BCUT2D eigenvalue weighted by molar-refractivity contribution is 6.33. The molecule has 0 atom stereocenters. The number of carbonyl (C=O) groups excluding carboxylic acids is 4. The predicted octanol–water partition coefficient (Wildman–Crippen LogP) is 27.9. The second kappa shape index (κ2) is 34.5. The Labute approximate surface area is 726 Å². The topological polar surface area (TPSA) is 168 Å². The molecule has 0 aliphatic carbocycles. The second-order valence-electron chi connectivity index (χ2n) is 31.2. The monoisotopic (exact) mass is 1630 g/mol. The molecular weight excluding hydrogens is 1550 g/mol. The highest BCUT2D eigenvalue weighted by Crippen LogP contribution is 2.48. The fourth-order valence-corrected chi connectivity index (χ4v) is 18.2. The number of para-hydroxylation sites is 4. The van der Waals surface area contributed by atoms with Crippen LogP contribution in [0.5, 0.6) is 34.5 Å². The summed E-state index contributed by atoms with van der Waals surface area (Å²) < 4.78 is 11.2. The first-order valence-electron chi connectivity index (χ1n) is 41.9. The molecule has 0 fully saturated rings. The van der Waals surface area contributed by atoms with Crippen molar-refractivity contribution in [2.75, 3.05) is 13.7 Å². The van der Waals surface area contributed by atoms with Crippen LogP contribution in [0.25, 0.3) is 141 Å². The molecule has 0 spiro atoms. The van der Waals surface area contributed by atoms with E-state index in [9.17, 15) is 39.6 Å². The summed E-state index contributed by atoms with van der Waals surface area (Å²) in [7, 11) is 1.65. The van der Waals surface area contributed by atoms with Gasteiger partial charge in [0.05, 0.1) is 36.0 Å². The number of phenols is 4. The summed E-state index contributed by atoms with van der Waals surface area (Å²) in [5, 5.41) is 58.9. The molecule has 21 aromatic carbocycles. The Hall–Kier alpha value is -16.6. The molecule has 0 radical (unpaired) electrons. The van der Waals surface area contributed by atoms with Crippen molar-refractivity contribution in [3.63, 3.8) is 0 Å². The average Bonchev–Trinajstić information content (AvgIpc) is 0.753. The molecule has 0 amide bonds. The van der Waals surface area contributed by atoms with E-state index in [-0.39, 0.29) is 46.1 Å². The predicted molar refractivity (Wildman–Crippen MR) is 512 cm³/mol. The molecule has 0 aromatic heterocycles. The quantitative estimate of drug-likeness (QED) is 0.0644. The highest BCUT2D eigenvalue weighted by Gasteiger charge is 2.29. The maximum Gasteiger partial charge on any atom is 0.197 e. The number of rotatable bonds is 13. The first-order chi connectivity index (χ1) is 61.9. The third kappa shape index (κ3) is 14.7. The van der Waals surface area contributed by atoms with E-state index in [2.05, 4.69) is 103 Å². The number of fused-ring (bicyclic) bond motifs is 10. The van der Waals surface area contributed by atoms with Crippen molar-refractivity contribution < 1.29 is 49.1 Å². The van der Waals surface area contributed by atoms with Gasteiger partial charge in [0.15, 0.2) is 23.1 Å². The third-order valence-electron chi connectivity index (χ3n) is 23.9. The van der Waals surface area contributed by atoms with Crippen molar-refractivity contribution in [2.24, 2.45) is 0 Å². The van der Waals surface area contributed by atoms with Gasteiger partial charge in [0.25, 0.3) is 0 Å². The molecule has 1 heterocycles. The van der Waals surface area contributed by atoms with Crippen LogP contribution in [0.15, 0.2) is 406 Å². The van der Waals surface area contributed by atoms with E-state index in [1.807, 2.05) is 206 Å². The van der Waals surface area contributed by atoms with Crippen molar-refractivity contribution in [1.82, 2.24) is 0 Å². The highest BCUT2D eigenvalue weighted by atomic mass is 16.5. The van der Waals surface area contributed by atoms with Gasteiger partial charge >= 0.3 is 0 Å². The smallest absolute Gasteiger partial charge is 0.197 e. The first kappa shape index (κ1) is 79.2. The van der Waals surface area contributed by atoms with Crippen LogP contribution in [0, 0.1) is 0 Å². The minimum absolute atomic E-state index is 0.00204. The van der Waals surface area contributed by atoms with E-state index in [1.165, 1.54) is 16.3 Å². The second-order valence-corrected chi connectivity index (χ2v) is 31.2. The van der Waals surface area contributed by atoms with E-state index in [1.54, 1.807) is 104 Å². The summed E-state index contributed by atoms with van der Waals surface area (Å²) in [6.07, 6.45) is 2.02. The Morgan fingerprint density at radius 3 is 0.825 bits per heavy atom. The lowest BCUT2D eigenvalue weighted by molar-refractivity contribution is 0.103. The number of hydrogen-bond acceptors (Lipinski definition) is 10. The number of carbonyl (C=O) groups is 4. The molecule has 10 heteroatoms. The van der Waals surface area contributed by atoms with Crippen LogP contribution in [0.4, 0.5) is 0 Å². The van der Waals surface area contributed by atoms with Gasteiger partial charge in [-0.05, 0) is 239 Å². The number of ketones is 4. The molecule has 0 saturated heterocycles. The van der Waals surface area contributed by atoms with Crippen molar-refractivity contribution in [3.8, 4) is 79.0 Å². The van der Waals surface area contributed by atoms with Crippen LogP contribution in [0.1, 0.15) is 75.7 Å². The van der Waals surface area contributed by atoms with Gasteiger partial charge in [-0.3, -0.25) is 19.2 Å². The number of phenolic OH excluding ortho intramolecular Hbond substituents is 4. The van der Waals surface area contributed by atoms with E-state index < -0.39 is 0 Å². The van der Waals surface area contributed by atoms with Crippen LogP contribution in [-0.4, -0.2) is 57.3 Å². The van der Waals surface area contributed by atoms with Crippen molar-refractivity contribution >= 4 is 120 Å². The van der Waals surface area contributed by atoms with Gasteiger partial charge < -0.3 is 29.9 Å². The SMILES string of the molecule is COc1ccc(-c2c3ccccc3c(C(=O)c3ccccc3O)c3ccccc23)cc1.O=C(c1ccccc1O)c1c2ccccc2c(-c2ccc3c(c2)CCCO3)c2ccccc12.O=C(c1ccccc1O)c1c2ccccc2c(-c2ccc3ccccc3c2)c2ccccc12.O=C(c1ccccc1O)c1c2ccccc2c(-c2ccccc2)c2ccccc12. The molecule has 1 aliphatic rings. The molecule has 126 heavy (non-hydrogen) atoms. The lowest BCUT2D eigenvalue weighted by atomic mass is 9.85. The third-order valence-corrected chi connectivity index (χ3v) is 23.9. The minimum Gasteiger partial charge on any atom is -0.507 e. The lowest BCUT2D eigenvalue weighted by Crippen LogP contribution is -2.08. The van der Waals surface area contributed by atoms with Gasteiger partial charge in [-0.15, -0.1) is 0 Å². The van der Waals surface area contributed by atoms with Crippen LogP contribution in [0.3, 0.4) is 0 Å². The molecule has 604 valence electrons. The molecule has 1 aliphatic heterocycles. The normalized spacial score (nSPS) is 11.6. The largest absolute Gasteiger partial charge is 0.507 e. The standard InChI is InChI=1S/C31H20O2.C30H22O3.C28H20O3.C27H18O2/c32-28-16-8-7-15-27(28)31(33)30-25-13-5-3-11-23(25)29(24-12-4-6-14-26(24)30)22-18-17-20-9-1-2-10-21(20)19-22;31-26-14-6-5-13-25(26)30(32)29-23-11-3-1-9-21(23)28(22-10-2-4-12-24(22)29)20-15-16-27-19(18-20)8-7-17-33-27;1-31-19-16-14-18(15-17-19)26-20-8-2-4-10-22(20)27(23-11-5-3-9-21(23)26)28(30)24-12-6-7-13-25(24)29;28-24-17-9-8-16-23(24)27(29)26-21-14-6-4-12-19(21)25(18-10-2-1-3-11-18)20-13-5-7-15-22(20)26/h1-19,32H;1-6,9-16,18,31H,7-8,17H2;2-17,29H,1H3;1-17,28H. The molecule has 0 unspecified atom stereocenters. The summed E-state index contributed by atoms with van der Waals surface area (Å²) in [5.74, 6) is 1.02. The van der Waals surface area contributed by atoms with E-state index in [4.69, 9.17) is 9.47 Å². The first-order valence-corrected chi connectivity index (χ1v) is 41.9. The summed E-state index contributed by atoms with van der Waals surface area (Å²) in [4.78, 5) is 54.7. The van der Waals surface area contributed by atoms with Gasteiger partial charge in [0.2, 0.25) is 0 Å². The van der Waals surface area contributed by atoms with Crippen molar-refractivity contribution in [2.45, 2.75) is 12.8 Å². The lowest BCUT2D eigenvalue weighted by Gasteiger charge is -2.20. The van der Waals surface area contributed by atoms with Crippen LogP contribution < -0.4 is 9.47 Å². The molecular formula is C116H80O10. The summed E-state index contributed by atoms with van der Waals surface area (Å²) >= 11 is 0. The number of aromatic hydroxyl groups is 4. The Morgan fingerprint density at radius 1 is 0.246 bits per heavy atom. The Morgan fingerprint density at radius 2 is 0.500 bits per heavy atom. The number of aryl methyl sites for hydroxylation is 1. The summed E-state index contributed by atoms with van der Waals surface area (Å²) in [6, 6.07) is 130. The van der Waals surface area contributed by atoms with Crippen molar-refractivity contribution in [1.29, 1.82) is 0 Å². The minimum atomic E-state index is -0.188. The van der Waals surface area contributed by atoms with Crippen molar-refractivity contribution in [3.05, 3.63) is 457 Å². The van der Waals surface area contributed by atoms with Crippen LogP contribution >= 0.6 is 0 Å². The molecule has 22 rings (SSSR count). The zero-order chi connectivity index (χ0) is 85.9. The fraction of sp³-hybridized carbons (Fsp3) is 0.0345. The Bertz CT molecular complexity index is 7680. The van der Waals surface area contributed by atoms with Gasteiger partial charge in [-0.1, -0.05) is 328 Å². The number of benzene rings is 21. The van der Waals surface area contributed by atoms with Gasteiger partial charge in [-0.25, -0.2) is 0 Å². The summed E-state index contributed by atoms with van der Waals surface area (Å²) in [6.45, 7) is 0.765.